The third-order valence-corrected chi connectivity index (χ3v) is 12.3. The Morgan fingerprint density at radius 1 is 0.781 bits per heavy atom. The second kappa shape index (κ2) is 19.8. The maximum absolute atomic E-state index is 13.0. The highest BCUT2D eigenvalue weighted by molar-refractivity contribution is 5.95. The van der Waals surface area contributed by atoms with Gasteiger partial charge in [-0.25, -0.2) is 19.1 Å². The molecule has 0 spiro atoms. The molecule has 2 aliphatic rings. The number of hydrogen-bond acceptors (Lipinski definition) is 13. The lowest BCUT2D eigenvalue weighted by atomic mass is 9.90. The number of rotatable bonds is 19. The highest BCUT2D eigenvalue weighted by Gasteiger charge is 2.28. The SMILES string of the molecule is O=C(OCCCCCCCCCc1cn(Cc2cc(=O)oc3c(CN(Cc4ccccn4)Cc4ccccn4)c(O)ccc23)nn1)c1cc2cc3c4c(c2oc1=O)CCCN4CCC3. The first-order valence-corrected chi connectivity index (χ1v) is 22.6. The molecule has 0 radical (unpaired) electrons. The number of aromatic hydroxyl groups is 1. The first kappa shape index (κ1) is 42.6. The van der Waals surface area contributed by atoms with Gasteiger partial charge in [0.2, 0.25) is 0 Å². The number of anilines is 1. The average molecular weight is 864 g/mol. The van der Waals surface area contributed by atoms with Crippen LogP contribution in [-0.4, -0.2) is 60.6 Å². The van der Waals surface area contributed by atoms with E-state index in [0.717, 1.165) is 124 Å². The number of fused-ring (bicyclic) bond motifs is 3. The van der Waals surface area contributed by atoms with Gasteiger partial charge in [-0.2, -0.15) is 0 Å². The molecular weight excluding hydrogens is 811 g/mol. The topological polar surface area (TPSA) is 170 Å². The minimum atomic E-state index is -0.632. The van der Waals surface area contributed by atoms with E-state index >= 15 is 0 Å². The molecule has 0 bridgehead atoms. The highest BCUT2D eigenvalue weighted by atomic mass is 16.5. The number of ether oxygens (including phenoxy) is 1. The van der Waals surface area contributed by atoms with Crippen molar-refractivity contribution in [2.75, 3.05) is 24.6 Å². The van der Waals surface area contributed by atoms with E-state index in [1.54, 1.807) is 35.3 Å². The number of aromatic nitrogens is 5. The maximum Gasteiger partial charge on any atom is 0.351 e. The summed E-state index contributed by atoms with van der Waals surface area (Å²) in [7, 11) is 0. The van der Waals surface area contributed by atoms with Gasteiger partial charge in [0.1, 0.15) is 22.5 Å². The largest absolute Gasteiger partial charge is 0.507 e. The molecule has 1 N–H and O–H groups in total. The van der Waals surface area contributed by atoms with E-state index in [-0.39, 0.29) is 17.9 Å². The van der Waals surface area contributed by atoms with Crippen LogP contribution in [0.15, 0.2) is 104 Å². The van der Waals surface area contributed by atoms with Gasteiger partial charge in [-0.05, 0) is 105 Å². The number of esters is 1. The summed E-state index contributed by atoms with van der Waals surface area (Å²) in [5.74, 6) is -0.582. The Labute approximate surface area is 370 Å². The summed E-state index contributed by atoms with van der Waals surface area (Å²) in [5.41, 5.74) is 7.22. The van der Waals surface area contributed by atoms with Crippen LogP contribution in [0, 0.1) is 0 Å². The van der Waals surface area contributed by atoms with Crippen molar-refractivity contribution >= 4 is 33.6 Å². The van der Waals surface area contributed by atoms with Crippen molar-refractivity contribution in [2.45, 2.75) is 103 Å². The monoisotopic (exact) mass is 863 g/mol. The van der Waals surface area contributed by atoms with Crippen LogP contribution in [0.4, 0.5) is 5.69 Å². The minimum absolute atomic E-state index is 0.0345. The van der Waals surface area contributed by atoms with Gasteiger partial charge in [0.05, 0.1) is 35.8 Å². The van der Waals surface area contributed by atoms with E-state index in [1.165, 1.54) is 17.3 Å². The standard InChI is InChI=1S/C50H53N7O7/c58-44-20-19-40-36(28-45(59)63-48(40)43(44)33-55(30-37-15-7-9-21-51-37)31-38-16-8-10-22-52-38)29-57-32-39(53-54-57)17-6-4-2-1-3-5-11-25-62-49(60)42-27-35-26-34-14-12-23-56-24-13-18-41(46(34)56)47(35)64-50(42)61/h7-10,15-16,19-22,26-28,32,58H,1-6,11-14,17-18,23-25,29-31,33H2. The molecule has 0 saturated carbocycles. The third-order valence-electron chi connectivity index (χ3n) is 12.3. The fourth-order valence-corrected chi connectivity index (χ4v) is 9.28. The molecule has 0 aliphatic carbocycles. The zero-order valence-electron chi connectivity index (χ0n) is 36.0. The van der Waals surface area contributed by atoms with Gasteiger partial charge < -0.3 is 23.6 Å². The zero-order valence-corrected chi connectivity index (χ0v) is 36.0. The Kier molecular flexibility index (Phi) is 13.2. The summed E-state index contributed by atoms with van der Waals surface area (Å²) in [4.78, 5) is 52.3. The van der Waals surface area contributed by atoms with Crippen molar-refractivity contribution in [1.29, 1.82) is 0 Å². The molecule has 14 heteroatoms. The number of benzene rings is 2. The van der Waals surface area contributed by atoms with Gasteiger partial charge in [0, 0.05) is 79.4 Å². The summed E-state index contributed by atoms with van der Waals surface area (Å²) < 4.78 is 18.8. The number of unbranched alkanes of at least 4 members (excludes halogenated alkanes) is 6. The second-order valence-electron chi connectivity index (χ2n) is 17.0. The predicted molar refractivity (Wildman–Crippen MR) is 242 cm³/mol. The predicted octanol–water partition coefficient (Wildman–Crippen LogP) is 8.07. The van der Waals surface area contributed by atoms with Crippen LogP contribution in [0.1, 0.15) is 107 Å². The second-order valence-corrected chi connectivity index (χ2v) is 17.0. The smallest absolute Gasteiger partial charge is 0.351 e. The molecule has 5 aromatic heterocycles. The normalized spacial score (nSPS) is 13.5. The van der Waals surface area contributed by atoms with E-state index in [2.05, 4.69) is 36.1 Å². The van der Waals surface area contributed by atoms with Crippen molar-refractivity contribution in [3.8, 4) is 5.75 Å². The van der Waals surface area contributed by atoms with E-state index in [0.29, 0.717) is 48.3 Å². The Hall–Kier alpha value is -6.67. The van der Waals surface area contributed by atoms with Crippen LogP contribution in [0.2, 0.25) is 0 Å². The Bertz CT molecular complexity index is 2820. The third kappa shape index (κ3) is 9.92. The number of phenolic OH excluding ortho intramolecular Hbond substituents is 1. The molecule has 2 aromatic carbocycles. The lowest BCUT2D eigenvalue weighted by Gasteiger charge is -2.37. The molecule has 330 valence electrons. The molecule has 0 atom stereocenters. The quantitative estimate of drug-likeness (QED) is 0.0471. The van der Waals surface area contributed by atoms with E-state index < -0.39 is 17.2 Å². The first-order chi connectivity index (χ1) is 31.4. The van der Waals surface area contributed by atoms with Crippen LogP contribution in [0.25, 0.3) is 21.9 Å². The van der Waals surface area contributed by atoms with Gasteiger partial charge in [0.15, 0.2) is 0 Å². The minimum Gasteiger partial charge on any atom is -0.507 e. The van der Waals surface area contributed by atoms with Crippen LogP contribution in [-0.2, 0) is 50.2 Å². The number of carbonyl (C=O) groups excluding carboxylic acids is 1. The maximum atomic E-state index is 13.0. The van der Waals surface area contributed by atoms with Gasteiger partial charge in [0.25, 0.3) is 0 Å². The number of pyridine rings is 2. The number of carbonyl (C=O) groups is 1. The van der Waals surface area contributed by atoms with Gasteiger partial charge in [-0.15, -0.1) is 5.10 Å². The lowest BCUT2D eigenvalue weighted by molar-refractivity contribution is 0.0493. The van der Waals surface area contributed by atoms with E-state index in [1.807, 2.05) is 42.6 Å². The number of aryl methyl sites for hydroxylation is 3. The van der Waals surface area contributed by atoms with E-state index in [9.17, 15) is 19.5 Å². The molecule has 0 amide bonds. The first-order valence-electron chi connectivity index (χ1n) is 22.6. The van der Waals surface area contributed by atoms with Gasteiger partial charge in [-0.3, -0.25) is 14.9 Å². The Morgan fingerprint density at radius 2 is 1.52 bits per heavy atom. The Balaban J connectivity index is 0.727. The molecule has 0 unspecified atom stereocenters. The summed E-state index contributed by atoms with van der Waals surface area (Å²) >= 11 is 0. The van der Waals surface area contributed by atoms with Crippen molar-refractivity contribution < 1.29 is 23.5 Å². The Morgan fingerprint density at radius 3 is 2.27 bits per heavy atom. The van der Waals surface area contributed by atoms with E-state index in [4.69, 9.17) is 13.6 Å². The molecule has 2 aliphatic heterocycles. The molecule has 0 saturated heterocycles. The summed E-state index contributed by atoms with van der Waals surface area (Å²) in [5, 5.41) is 21.4. The summed E-state index contributed by atoms with van der Waals surface area (Å²) in [6, 6.07) is 20.2. The number of hydrogen-bond donors (Lipinski definition) is 1. The molecule has 7 heterocycles. The van der Waals surface area contributed by atoms with Gasteiger partial charge >= 0.3 is 17.2 Å². The van der Waals surface area contributed by atoms with Crippen LogP contribution < -0.4 is 16.2 Å². The van der Waals surface area contributed by atoms with Crippen molar-refractivity contribution in [3.05, 3.63) is 151 Å². The average Bonchev–Trinajstić information content (AvgIpc) is 3.75. The van der Waals surface area contributed by atoms with Crippen LogP contribution >= 0.6 is 0 Å². The molecule has 7 aromatic rings. The van der Waals surface area contributed by atoms with Crippen molar-refractivity contribution in [2.24, 2.45) is 0 Å². The van der Waals surface area contributed by atoms with Crippen LogP contribution in [0.5, 0.6) is 5.75 Å². The highest BCUT2D eigenvalue weighted by Crippen LogP contribution is 2.40. The van der Waals surface area contributed by atoms with Crippen molar-refractivity contribution in [3.63, 3.8) is 0 Å². The zero-order chi connectivity index (χ0) is 43.8. The van der Waals surface area contributed by atoms with Gasteiger partial charge in [-0.1, -0.05) is 49.5 Å². The molecule has 9 rings (SSSR count). The summed E-state index contributed by atoms with van der Waals surface area (Å²) in [6.45, 7) is 3.93. The summed E-state index contributed by atoms with van der Waals surface area (Å²) in [6.07, 6.45) is 17.1. The fraction of sp³-hybridized carbons (Fsp3) is 0.380. The molecule has 64 heavy (non-hydrogen) atoms. The van der Waals surface area contributed by atoms with Crippen molar-refractivity contribution in [1.82, 2.24) is 29.9 Å². The lowest BCUT2D eigenvalue weighted by Crippen LogP contribution is -2.34. The number of nitrogens with zero attached hydrogens (tertiary/aromatic N) is 7. The number of phenols is 1. The molecule has 0 fully saturated rings. The van der Waals surface area contributed by atoms with Crippen LogP contribution in [0.3, 0.4) is 0 Å². The molecular formula is C50H53N7O7. The molecule has 14 nitrogen and oxygen atoms in total. The fourth-order valence-electron chi connectivity index (χ4n) is 9.28.